The minimum atomic E-state index is 0.342. The van der Waals surface area contributed by atoms with E-state index in [1.54, 1.807) is 0 Å². The molecule has 0 aliphatic heterocycles. The number of hydrogen-bond donors (Lipinski definition) is 1. The molecule has 0 radical (unpaired) electrons. The number of rotatable bonds is 5. The van der Waals surface area contributed by atoms with Crippen LogP contribution in [0.3, 0.4) is 0 Å². The van der Waals surface area contributed by atoms with Gasteiger partial charge in [-0.15, -0.1) is 0 Å². The first-order valence-corrected chi connectivity index (χ1v) is 8.81. The zero-order valence-corrected chi connectivity index (χ0v) is 14.0. The maximum atomic E-state index is 6.05. The zero-order valence-electron chi connectivity index (χ0n) is 14.0. The lowest BCUT2D eigenvalue weighted by Gasteiger charge is -2.13. The van der Waals surface area contributed by atoms with E-state index in [0.717, 1.165) is 18.7 Å². The van der Waals surface area contributed by atoms with Gasteiger partial charge in [-0.1, -0.05) is 30.3 Å². The second-order valence-corrected chi connectivity index (χ2v) is 7.34. The molecule has 2 fully saturated rings. The topological polar surface area (TPSA) is 78.9 Å². The van der Waals surface area contributed by atoms with Gasteiger partial charge in [0.25, 0.3) is 0 Å². The van der Waals surface area contributed by atoms with Crippen LogP contribution in [0.25, 0.3) is 11.2 Å². The molecule has 128 valence electrons. The third-order valence-electron chi connectivity index (χ3n) is 5.90. The average Bonchev–Trinajstić information content (AvgIpc) is 2.99. The molecule has 3 atom stereocenters. The average molecular weight is 335 g/mol. The SMILES string of the molecule is Nc1ncnc2c1ncn2[C@H]1CC[C@]2(COCc3ccccc3)C[C@H]12. The predicted octanol–water partition coefficient (Wildman–Crippen LogP) is 2.97. The molecule has 6 heteroatoms. The third-order valence-corrected chi connectivity index (χ3v) is 5.90. The molecule has 2 saturated carbocycles. The van der Waals surface area contributed by atoms with Crippen LogP contribution in [0.5, 0.6) is 0 Å². The number of fused-ring (bicyclic) bond motifs is 2. The lowest BCUT2D eigenvalue weighted by atomic mass is 10.1. The fourth-order valence-electron chi connectivity index (χ4n) is 4.48. The van der Waals surface area contributed by atoms with Crippen LogP contribution in [-0.2, 0) is 11.3 Å². The summed E-state index contributed by atoms with van der Waals surface area (Å²) < 4.78 is 8.25. The van der Waals surface area contributed by atoms with Gasteiger partial charge in [0.15, 0.2) is 11.5 Å². The summed E-state index contributed by atoms with van der Waals surface area (Å²) in [5, 5.41) is 0. The second kappa shape index (κ2) is 5.52. The quantitative estimate of drug-likeness (QED) is 0.775. The third kappa shape index (κ3) is 2.40. The Labute approximate surface area is 146 Å². The van der Waals surface area contributed by atoms with Gasteiger partial charge in [0.05, 0.1) is 19.5 Å². The highest BCUT2D eigenvalue weighted by atomic mass is 16.5. The lowest BCUT2D eigenvalue weighted by Crippen LogP contribution is -2.11. The first-order valence-electron chi connectivity index (χ1n) is 8.81. The fourth-order valence-corrected chi connectivity index (χ4v) is 4.48. The Morgan fingerprint density at radius 2 is 2.08 bits per heavy atom. The number of anilines is 1. The smallest absolute Gasteiger partial charge is 0.165 e. The maximum Gasteiger partial charge on any atom is 0.165 e. The Hall–Kier alpha value is -2.47. The molecule has 0 saturated heterocycles. The molecule has 5 rings (SSSR count). The van der Waals surface area contributed by atoms with Crippen molar-refractivity contribution in [2.24, 2.45) is 11.3 Å². The van der Waals surface area contributed by atoms with Gasteiger partial charge in [-0.2, -0.15) is 0 Å². The van der Waals surface area contributed by atoms with Crippen LogP contribution >= 0.6 is 0 Å². The fraction of sp³-hybridized carbons (Fsp3) is 0.421. The maximum absolute atomic E-state index is 6.05. The number of nitrogens with two attached hydrogens (primary N) is 1. The van der Waals surface area contributed by atoms with E-state index in [2.05, 4.69) is 43.8 Å². The van der Waals surface area contributed by atoms with Crippen LogP contribution in [-0.4, -0.2) is 26.1 Å². The van der Waals surface area contributed by atoms with Crippen LogP contribution in [0.1, 0.15) is 30.9 Å². The van der Waals surface area contributed by atoms with Gasteiger partial charge in [-0.05, 0) is 36.2 Å². The lowest BCUT2D eigenvalue weighted by molar-refractivity contribution is 0.0750. The molecule has 2 heterocycles. The monoisotopic (exact) mass is 335 g/mol. The van der Waals surface area contributed by atoms with Gasteiger partial charge in [0.2, 0.25) is 0 Å². The minimum Gasteiger partial charge on any atom is -0.382 e. The summed E-state index contributed by atoms with van der Waals surface area (Å²) in [4.78, 5) is 12.9. The van der Waals surface area contributed by atoms with Crippen LogP contribution in [0, 0.1) is 11.3 Å². The number of nitrogens with zero attached hydrogens (tertiary/aromatic N) is 4. The van der Waals surface area contributed by atoms with E-state index < -0.39 is 0 Å². The van der Waals surface area contributed by atoms with Crippen molar-refractivity contribution in [1.29, 1.82) is 0 Å². The van der Waals surface area contributed by atoms with E-state index in [1.165, 1.54) is 24.7 Å². The van der Waals surface area contributed by atoms with E-state index >= 15 is 0 Å². The van der Waals surface area contributed by atoms with Gasteiger partial charge >= 0.3 is 0 Å². The Bertz CT molecular complexity index is 909. The van der Waals surface area contributed by atoms with Gasteiger partial charge in [-0.3, -0.25) is 0 Å². The van der Waals surface area contributed by atoms with Crippen molar-refractivity contribution in [3.63, 3.8) is 0 Å². The Morgan fingerprint density at radius 1 is 1.20 bits per heavy atom. The number of benzene rings is 1. The molecule has 2 N–H and O–H groups in total. The number of imidazole rings is 1. The summed E-state index contributed by atoms with van der Waals surface area (Å²) in [6.07, 6.45) is 6.98. The van der Waals surface area contributed by atoms with E-state index in [9.17, 15) is 0 Å². The summed E-state index contributed by atoms with van der Waals surface area (Å²) in [5.41, 5.74) is 9.05. The van der Waals surface area contributed by atoms with Crippen molar-refractivity contribution >= 4 is 17.0 Å². The van der Waals surface area contributed by atoms with Crippen molar-refractivity contribution in [3.8, 4) is 0 Å². The minimum absolute atomic E-state index is 0.342. The van der Waals surface area contributed by atoms with E-state index in [4.69, 9.17) is 10.5 Å². The van der Waals surface area contributed by atoms with Crippen LogP contribution in [0.4, 0.5) is 5.82 Å². The Balaban J connectivity index is 1.29. The molecule has 6 nitrogen and oxygen atoms in total. The number of hydrogen-bond acceptors (Lipinski definition) is 5. The molecular weight excluding hydrogens is 314 g/mol. The summed E-state index contributed by atoms with van der Waals surface area (Å²) in [6.45, 7) is 1.53. The van der Waals surface area contributed by atoms with Gasteiger partial charge in [0.1, 0.15) is 11.8 Å². The number of nitrogen functional groups attached to an aromatic ring is 1. The van der Waals surface area contributed by atoms with Gasteiger partial charge < -0.3 is 15.0 Å². The van der Waals surface area contributed by atoms with Crippen molar-refractivity contribution in [2.75, 3.05) is 12.3 Å². The van der Waals surface area contributed by atoms with Crippen molar-refractivity contribution in [3.05, 3.63) is 48.5 Å². The van der Waals surface area contributed by atoms with Gasteiger partial charge in [0, 0.05) is 6.04 Å². The Kier molecular flexibility index (Phi) is 3.28. The number of ether oxygens (including phenoxy) is 1. The molecule has 0 spiro atoms. The first kappa shape index (κ1) is 14.8. The molecular formula is C19H21N5O. The molecule has 0 amide bonds. The highest BCUT2D eigenvalue weighted by Gasteiger charge is 2.62. The summed E-state index contributed by atoms with van der Waals surface area (Å²) in [6, 6.07) is 10.8. The van der Waals surface area contributed by atoms with E-state index in [0.29, 0.717) is 35.3 Å². The van der Waals surface area contributed by atoms with E-state index in [1.807, 2.05) is 12.4 Å². The zero-order chi connectivity index (χ0) is 16.9. The first-order chi connectivity index (χ1) is 12.3. The van der Waals surface area contributed by atoms with E-state index in [-0.39, 0.29) is 0 Å². The normalized spacial score (nSPS) is 27.5. The largest absolute Gasteiger partial charge is 0.382 e. The van der Waals surface area contributed by atoms with Gasteiger partial charge in [-0.25, -0.2) is 15.0 Å². The summed E-state index contributed by atoms with van der Waals surface area (Å²) in [7, 11) is 0. The molecule has 0 unspecified atom stereocenters. The van der Waals surface area contributed by atoms with Crippen LogP contribution < -0.4 is 5.73 Å². The highest BCUT2D eigenvalue weighted by Crippen LogP contribution is 2.67. The highest BCUT2D eigenvalue weighted by molar-refractivity contribution is 5.81. The standard InChI is InChI=1S/C19H21N5O/c20-17-16-18(22-11-21-17)24(12-23-16)15-6-7-19(8-14(15)19)10-25-9-13-4-2-1-3-5-13/h1-5,11-12,14-15H,6-10H2,(H2,20,21,22)/t14-,15+,19-/m1/s1. The Morgan fingerprint density at radius 3 is 2.92 bits per heavy atom. The molecule has 0 bridgehead atoms. The number of aromatic nitrogens is 4. The van der Waals surface area contributed by atoms with Crippen LogP contribution in [0.2, 0.25) is 0 Å². The summed E-state index contributed by atoms with van der Waals surface area (Å²) >= 11 is 0. The van der Waals surface area contributed by atoms with Crippen molar-refractivity contribution in [1.82, 2.24) is 19.5 Å². The van der Waals surface area contributed by atoms with Crippen molar-refractivity contribution in [2.45, 2.75) is 31.9 Å². The molecule has 2 aliphatic carbocycles. The molecule has 2 aliphatic rings. The predicted molar refractivity (Wildman–Crippen MR) is 94.6 cm³/mol. The molecule has 1 aromatic carbocycles. The molecule has 25 heavy (non-hydrogen) atoms. The molecule has 2 aromatic heterocycles. The molecule has 3 aromatic rings. The second-order valence-electron chi connectivity index (χ2n) is 7.34. The van der Waals surface area contributed by atoms with Crippen LogP contribution in [0.15, 0.2) is 43.0 Å². The van der Waals surface area contributed by atoms with Crippen molar-refractivity contribution < 1.29 is 4.74 Å². The summed E-state index contributed by atoms with van der Waals surface area (Å²) in [5.74, 6) is 1.10.